The highest BCUT2D eigenvalue weighted by Gasteiger charge is 2.37. The molecule has 1 aromatic heterocycles. The van der Waals surface area contributed by atoms with Crippen molar-refractivity contribution in [1.29, 1.82) is 0 Å². The second kappa shape index (κ2) is 9.25. The number of anilines is 1. The monoisotopic (exact) mass is 562 g/mol. The summed E-state index contributed by atoms with van der Waals surface area (Å²) in [6, 6.07) is 15.1. The first-order valence-electron chi connectivity index (χ1n) is 11.1. The van der Waals surface area contributed by atoms with Gasteiger partial charge in [-0.25, -0.2) is 21.2 Å². The van der Waals surface area contributed by atoms with E-state index < -0.39 is 37.6 Å². The van der Waals surface area contributed by atoms with E-state index in [-0.39, 0.29) is 28.6 Å². The van der Waals surface area contributed by atoms with Gasteiger partial charge < -0.3 is 9.32 Å². The Morgan fingerprint density at radius 3 is 2.51 bits per heavy atom. The maximum Gasteiger partial charge on any atom is 0.274 e. The predicted octanol–water partition coefficient (Wildman–Crippen LogP) is 4.38. The summed E-state index contributed by atoms with van der Waals surface area (Å²) in [5.41, 5.74) is 0.951. The second-order valence-electron chi connectivity index (χ2n) is 8.63. The van der Waals surface area contributed by atoms with Gasteiger partial charge in [-0.1, -0.05) is 35.9 Å². The van der Waals surface area contributed by atoms with Gasteiger partial charge in [-0.05, 0) is 48.4 Å². The molecule has 37 heavy (non-hydrogen) atoms. The van der Waals surface area contributed by atoms with E-state index in [1.807, 2.05) is 0 Å². The molecule has 0 saturated carbocycles. The van der Waals surface area contributed by atoms with Crippen molar-refractivity contribution in [1.82, 2.24) is 4.72 Å². The van der Waals surface area contributed by atoms with Gasteiger partial charge in [0.2, 0.25) is 11.0 Å². The first-order chi connectivity index (χ1) is 17.4. The van der Waals surface area contributed by atoms with Crippen LogP contribution in [-0.2, 0) is 24.7 Å². The van der Waals surface area contributed by atoms with E-state index in [4.69, 9.17) is 16.0 Å². The molecule has 192 valence electrons. The van der Waals surface area contributed by atoms with Crippen molar-refractivity contribution in [3.05, 3.63) is 77.6 Å². The Labute approximate surface area is 217 Å². The van der Waals surface area contributed by atoms with E-state index in [0.717, 1.165) is 17.2 Å². The van der Waals surface area contributed by atoms with Gasteiger partial charge in [-0.15, -0.1) is 0 Å². The number of nitrogens with zero attached hydrogens (tertiary/aromatic N) is 1. The number of hydrogen-bond acceptors (Lipinski definition) is 6. The van der Waals surface area contributed by atoms with Gasteiger partial charge >= 0.3 is 0 Å². The number of amides is 1. The summed E-state index contributed by atoms with van der Waals surface area (Å²) in [5.74, 6) is -1.36. The quantitative estimate of drug-likeness (QED) is 0.373. The fourth-order valence-corrected chi connectivity index (χ4v) is 6.60. The normalized spacial score (nSPS) is 16.6. The van der Waals surface area contributed by atoms with Crippen LogP contribution in [0.3, 0.4) is 0 Å². The predicted molar refractivity (Wildman–Crippen MR) is 137 cm³/mol. The highest BCUT2D eigenvalue weighted by molar-refractivity contribution is 7.90. The lowest BCUT2D eigenvalue weighted by molar-refractivity contribution is -0.118. The van der Waals surface area contributed by atoms with E-state index in [1.54, 1.807) is 36.4 Å². The van der Waals surface area contributed by atoms with Crippen molar-refractivity contribution < 1.29 is 30.4 Å². The Kier molecular flexibility index (Phi) is 6.35. The number of carbonyl (C=O) groups excluding carboxylic acids is 1. The standard InChI is InChI=1S/C25H20ClFN2O6S2/c1-36(31,32)23-5-3-2-4-18(23)15-6-8-21(19(27)13-15)29-11-10-20(25(29)30)28-37(33,34)24-14-16-12-17(26)7-9-22(16)35-24/h2-9,12-14,20,28H,10-11H2,1H3/t20-/m0/s1. The molecule has 0 radical (unpaired) electrons. The summed E-state index contributed by atoms with van der Waals surface area (Å²) in [5, 5.41) is 0.544. The van der Waals surface area contributed by atoms with Crippen LogP contribution in [0.1, 0.15) is 6.42 Å². The largest absolute Gasteiger partial charge is 0.443 e. The number of nitrogens with one attached hydrogen (secondary N) is 1. The molecule has 12 heteroatoms. The van der Waals surface area contributed by atoms with Crippen LogP contribution in [0.4, 0.5) is 10.1 Å². The summed E-state index contributed by atoms with van der Waals surface area (Å²) < 4.78 is 73.0. The molecule has 8 nitrogen and oxygen atoms in total. The van der Waals surface area contributed by atoms with Crippen LogP contribution in [0.5, 0.6) is 0 Å². The molecular weight excluding hydrogens is 543 g/mol. The molecule has 0 bridgehead atoms. The van der Waals surface area contributed by atoms with Gasteiger partial charge in [0, 0.05) is 34.8 Å². The summed E-state index contributed by atoms with van der Waals surface area (Å²) in [7, 11) is -7.74. The fraction of sp³-hybridized carbons (Fsp3) is 0.160. The highest BCUT2D eigenvalue weighted by atomic mass is 35.5. The van der Waals surface area contributed by atoms with Gasteiger partial charge in [0.1, 0.15) is 17.4 Å². The van der Waals surface area contributed by atoms with Crippen molar-refractivity contribution in [2.45, 2.75) is 22.5 Å². The van der Waals surface area contributed by atoms with Crippen molar-refractivity contribution in [3.8, 4) is 11.1 Å². The molecule has 5 rings (SSSR count). The maximum absolute atomic E-state index is 15.2. The summed E-state index contributed by atoms with van der Waals surface area (Å²) >= 11 is 5.94. The van der Waals surface area contributed by atoms with Crippen LogP contribution in [0.2, 0.25) is 5.02 Å². The van der Waals surface area contributed by atoms with Crippen molar-refractivity contribution in [2.75, 3.05) is 17.7 Å². The molecule has 2 heterocycles. The van der Waals surface area contributed by atoms with Crippen LogP contribution in [0, 0.1) is 5.82 Å². The Morgan fingerprint density at radius 1 is 1.03 bits per heavy atom. The van der Waals surface area contributed by atoms with Crippen LogP contribution >= 0.6 is 11.6 Å². The Bertz CT molecular complexity index is 1770. The number of rotatable bonds is 6. The molecule has 0 unspecified atom stereocenters. The number of furan rings is 1. The summed E-state index contributed by atoms with van der Waals surface area (Å²) in [6.07, 6.45) is 1.18. The number of benzene rings is 3. The third-order valence-corrected chi connectivity index (χ3v) is 8.78. The average Bonchev–Trinajstić information content (AvgIpc) is 3.42. The SMILES string of the molecule is CS(=O)(=O)c1ccccc1-c1ccc(N2CC[C@H](NS(=O)(=O)c3cc4cc(Cl)ccc4o3)C2=O)c(F)c1. The Balaban J connectivity index is 1.38. The van der Waals surface area contributed by atoms with E-state index in [9.17, 15) is 21.6 Å². The van der Waals surface area contributed by atoms with Crippen molar-refractivity contribution >= 4 is 54.0 Å². The molecular formula is C25H20ClFN2O6S2. The number of halogens is 2. The minimum Gasteiger partial charge on any atom is -0.443 e. The first-order valence-corrected chi connectivity index (χ1v) is 14.8. The molecule has 1 saturated heterocycles. The molecule has 1 aliphatic heterocycles. The van der Waals surface area contributed by atoms with Crippen molar-refractivity contribution in [3.63, 3.8) is 0 Å². The molecule has 0 spiro atoms. The highest BCUT2D eigenvalue weighted by Crippen LogP contribution is 2.33. The second-order valence-corrected chi connectivity index (χ2v) is 12.7. The van der Waals surface area contributed by atoms with Gasteiger partial charge in [-0.3, -0.25) is 4.79 Å². The number of hydrogen-bond donors (Lipinski definition) is 1. The van der Waals surface area contributed by atoms with E-state index in [2.05, 4.69) is 4.72 Å². The third-order valence-electron chi connectivity index (χ3n) is 6.06. The van der Waals surface area contributed by atoms with Crippen LogP contribution in [-0.4, -0.2) is 41.6 Å². The lowest BCUT2D eigenvalue weighted by Crippen LogP contribution is -2.41. The van der Waals surface area contributed by atoms with Gasteiger partial charge in [-0.2, -0.15) is 4.72 Å². The molecule has 0 aliphatic carbocycles. The molecule has 4 aromatic rings. The van der Waals surface area contributed by atoms with Gasteiger partial charge in [0.25, 0.3) is 10.0 Å². The molecule has 1 N–H and O–H groups in total. The molecule has 1 fully saturated rings. The van der Waals surface area contributed by atoms with Crippen LogP contribution in [0.25, 0.3) is 22.1 Å². The number of sulfonamides is 1. The first kappa shape index (κ1) is 25.4. The van der Waals surface area contributed by atoms with E-state index in [1.165, 1.54) is 24.3 Å². The fourth-order valence-electron chi connectivity index (χ4n) is 4.32. The molecule has 1 amide bonds. The average molecular weight is 563 g/mol. The van der Waals surface area contributed by atoms with Gasteiger partial charge in [0.15, 0.2) is 9.84 Å². The number of carbonyl (C=O) groups is 1. The lowest BCUT2D eigenvalue weighted by Gasteiger charge is -2.19. The molecule has 1 aliphatic rings. The molecule has 3 aromatic carbocycles. The molecule has 1 atom stereocenters. The minimum atomic E-state index is -4.19. The van der Waals surface area contributed by atoms with E-state index in [0.29, 0.717) is 27.1 Å². The van der Waals surface area contributed by atoms with Crippen LogP contribution in [0.15, 0.2) is 81.1 Å². The lowest BCUT2D eigenvalue weighted by atomic mass is 10.0. The zero-order chi connectivity index (χ0) is 26.5. The maximum atomic E-state index is 15.2. The smallest absolute Gasteiger partial charge is 0.274 e. The Morgan fingerprint density at radius 2 is 1.78 bits per heavy atom. The zero-order valence-electron chi connectivity index (χ0n) is 19.3. The summed E-state index contributed by atoms with van der Waals surface area (Å²) in [6.45, 7) is 0.0813. The number of sulfone groups is 1. The minimum absolute atomic E-state index is 0.0364. The number of fused-ring (bicyclic) bond motifs is 1. The summed E-state index contributed by atoms with van der Waals surface area (Å²) in [4.78, 5) is 14.2. The van der Waals surface area contributed by atoms with E-state index >= 15 is 4.39 Å². The van der Waals surface area contributed by atoms with Gasteiger partial charge in [0.05, 0.1) is 10.6 Å². The van der Waals surface area contributed by atoms with Crippen LogP contribution < -0.4 is 9.62 Å². The topological polar surface area (TPSA) is 114 Å². The Hall–Kier alpha value is -3.25. The third kappa shape index (κ3) is 4.87. The zero-order valence-corrected chi connectivity index (χ0v) is 21.7. The van der Waals surface area contributed by atoms with Crippen molar-refractivity contribution in [2.24, 2.45) is 0 Å².